The molecule has 3 rings (SSSR count). The Hall–Kier alpha value is -2.14. The number of imidazole rings is 1. The van der Waals surface area contributed by atoms with Gasteiger partial charge in [-0.2, -0.15) is 13.2 Å². The van der Waals surface area contributed by atoms with Crippen LogP contribution >= 0.6 is 11.6 Å². The SMILES string of the molecule is CCOC(CC)c1c(C(F)(F)F)c(Cl)cc2c1[nH]c(C)[n+]2Cc1ccccc1S(=O)(=O)[O-]. The van der Waals surface area contributed by atoms with Crippen LogP contribution < -0.4 is 4.57 Å². The van der Waals surface area contributed by atoms with Gasteiger partial charge in [0.05, 0.1) is 21.6 Å². The molecule has 0 aliphatic carbocycles. The van der Waals surface area contributed by atoms with Gasteiger partial charge in [0.15, 0.2) is 11.0 Å². The van der Waals surface area contributed by atoms with Gasteiger partial charge in [-0.1, -0.05) is 36.7 Å². The van der Waals surface area contributed by atoms with Gasteiger partial charge in [0, 0.05) is 30.7 Å². The Kier molecular flexibility index (Phi) is 6.90. The number of nitrogens with zero attached hydrogens (tertiary/aromatic N) is 1. The quantitative estimate of drug-likeness (QED) is 0.378. The molecular formula is C21H22ClF3N2O4S. The van der Waals surface area contributed by atoms with Crippen molar-refractivity contribution in [2.75, 3.05) is 6.61 Å². The van der Waals surface area contributed by atoms with E-state index in [2.05, 4.69) is 4.98 Å². The van der Waals surface area contributed by atoms with Gasteiger partial charge in [-0.25, -0.2) is 18.0 Å². The average Bonchev–Trinajstić information content (AvgIpc) is 2.99. The minimum Gasteiger partial charge on any atom is -0.744 e. The molecule has 0 aliphatic heterocycles. The van der Waals surface area contributed by atoms with Crippen LogP contribution in [0.5, 0.6) is 0 Å². The van der Waals surface area contributed by atoms with Crippen LogP contribution in [0.1, 0.15) is 48.9 Å². The number of aryl methyl sites for hydroxylation is 1. The summed E-state index contributed by atoms with van der Waals surface area (Å²) in [6, 6.07) is 6.89. The predicted molar refractivity (Wildman–Crippen MR) is 111 cm³/mol. The van der Waals surface area contributed by atoms with Gasteiger partial charge in [-0.3, -0.25) is 0 Å². The second-order valence-electron chi connectivity index (χ2n) is 7.25. The number of fused-ring (bicyclic) bond motifs is 1. The number of hydrogen-bond acceptors (Lipinski definition) is 4. The highest BCUT2D eigenvalue weighted by Crippen LogP contribution is 2.44. The first-order chi connectivity index (χ1) is 14.9. The third-order valence-electron chi connectivity index (χ3n) is 5.21. The minimum absolute atomic E-state index is 0.0595. The molecule has 1 unspecified atom stereocenters. The van der Waals surface area contributed by atoms with Crippen LogP contribution in [0.15, 0.2) is 35.2 Å². The van der Waals surface area contributed by atoms with Crippen LogP contribution in [0.4, 0.5) is 13.2 Å². The Morgan fingerprint density at radius 3 is 2.47 bits per heavy atom. The number of H-pyrrole nitrogens is 1. The van der Waals surface area contributed by atoms with Crippen LogP contribution in [0.3, 0.4) is 0 Å². The van der Waals surface area contributed by atoms with Crippen molar-refractivity contribution in [1.82, 2.24) is 4.98 Å². The molecule has 1 atom stereocenters. The Balaban J connectivity index is 2.31. The number of hydrogen-bond donors (Lipinski definition) is 1. The van der Waals surface area contributed by atoms with Gasteiger partial charge in [0.2, 0.25) is 0 Å². The maximum Gasteiger partial charge on any atom is 0.418 e. The predicted octanol–water partition coefficient (Wildman–Crippen LogP) is 4.88. The third-order valence-corrected chi connectivity index (χ3v) is 6.45. The first-order valence-electron chi connectivity index (χ1n) is 9.87. The Morgan fingerprint density at radius 1 is 1.25 bits per heavy atom. The molecule has 0 amide bonds. The number of benzene rings is 2. The third kappa shape index (κ3) is 4.63. The normalized spacial score (nSPS) is 13.6. The van der Waals surface area contributed by atoms with Gasteiger partial charge in [0.25, 0.3) is 5.82 Å². The molecular weight excluding hydrogens is 469 g/mol. The van der Waals surface area contributed by atoms with Crippen molar-refractivity contribution >= 4 is 32.8 Å². The lowest BCUT2D eigenvalue weighted by atomic mass is 9.97. The molecule has 3 aromatic rings. The maximum atomic E-state index is 14.0. The fourth-order valence-electron chi connectivity index (χ4n) is 3.90. The smallest absolute Gasteiger partial charge is 0.418 e. The van der Waals surface area contributed by atoms with Crippen LogP contribution in [0.2, 0.25) is 5.02 Å². The van der Waals surface area contributed by atoms with E-state index in [1.807, 2.05) is 0 Å². The van der Waals surface area contributed by atoms with Gasteiger partial charge in [0.1, 0.15) is 16.7 Å². The van der Waals surface area contributed by atoms with Gasteiger partial charge in [-0.05, 0) is 19.4 Å². The summed E-state index contributed by atoms with van der Waals surface area (Å²) in [5.74, 6) is 0.459. The number of halogens is 4. The molecule has 0 radical (unpaired) electrons. The van der Waals surface area contributed by atoms with E-state index < -0.39 is 33.0 Å². The Morgan fingerprint density at radius 2 is 1.91 bits per heavy atom. The number of nitrogens with one attached hydrogen (secondary N) is 1. The van der Waals surface area contributed by atoms with Crippen LogP contribution in [-0.4, -0.2) is 24.6 Å². The minimum atomic E-state index is -4.74. The lowest BCUT2D eigenvalue weighted by molar-refractivity contribution is -0.668. The first kappa shape index (κ1) is 24.5. The van der Waals surface area contributed by atoms with Crippen molar-refractivity contribution in [3.05, 3.63) is 57.9 Å². The molecule has 174 valence electrons. The summed E-state index contributed by atoms with van der Waals surface area (Å²) in [5, 5.41) is -0.490. The molecule has 0 fully saturated rings. The molecule has 0 spiro atoms. The molecule has 11 heteroatoms. The van der Waals surface area contributed by atoms with Gasteiger partial charge >= 0.3 is 6.18 Å². The molecule has 1 N–H and O–H groups in total. The summed E-state index contributed by atoms with van der Waals surface area (Å²) in [6.07, 6.45) is -5.29. The fraction of sp³-hybridized carbons (Fsp3) is 0.381. The van der Waals surface area contributed by atoms with Crippen LogP contribution in [-0.2, 0) is 27.6 Å². The van der Waals surface area contributed by atoms with E-state index in [0.29, 0.717) is 11.3 Å². The maximum absolute atomic E-state index is 14.0. The second-order valence-corrected chi connectivity index (χ2v) is 9.00. The van der Waals surface area contributed by atoms with Crippen LogP contribution in [0, 0.1) is 6.92 Å². The molecule has 1 aromatic heterocycles. The van der Waals surface area contributed by atoms with Crippen LogP contribution in [0.25, 0.3) is 11.0 Å². The number of aromatic nitrogens is 2. The Bertz CT molecular complexity index is 1260. The van der Waals surface area contributed by atoms with E-state index >= 15 is 0 Å². The number of ether oxygens (including phenoxy) is 1. The summed E-state index contributed by atoms with van der Waals surface area (Å²) in [4.78, 5) is 2.60. The first-order valence-corrected chi connectivity index (χ1v) is 11.7. The van der Waals surface area contributed by atoms with Crippen molar-refractivity contribution in [3.8, 4) is 0 Å². The number of rotatable bonds is 7. The lowest BCUT2D eigenvalue weighted by Gasteiger charge is -2.21. The molecule has 0 bridgehead atoms. The van der Waals surface area contributed by atoms with Gasteiger partial charge < -0.3 is 9.29 Å². The van der Waals surface area contributed by atoms with Gasteiger partial charge in [-0.15, -0.1) is 0 Å². The standard InChI is InChI=1S/C21H22ClF3N2O4S/c1-4-16(31-5-2)18-19(21(23,24)25)14(22)10-15-20(18)26-12(3)27(15)11-13-8-6-7-9-17(13)32(28,29)30/h6-10,16H,4-5,11H2,1-3H3,(H,28,29,30). The van der Waals surface area contributed by atoms with E-state index in [0.717, 1.165) is 0 Å². The zero-order valence-corrected chi connectivity index (χ0v) is 19.2. The summed E-state index contributed by atoms with van der Waals surface area (Å²) in [5.41, 5.74) is -0.321. The molecule has 32 heavy (non-hydrogen) atoms. The van der Waals surface area contributed by atoms with E-state index in [-0.39, 0.29) is 41.1 Å². The van der Waals surface area contributed by atoms with Crippen molar-refractivity contribution in [3.63, 3.8) is 0 Å². The summed E-state index contributed by atoms with van der Waals surface area (Å²) in [7, 11) is -4.74. The summed E-state index contributed by atoms with van der Waals surface area (Å²) >= 11 is 6.13. The number of aromatic amines is 1. The zero-order chi connectivity index (χ0) is 23.8. The molecule has 0 saturated carbocycles. The molecule has 0 aliphatic rings. The highest BCUT2D eigenvalue weighted by Gasteiger charge is 2.41. The second kappa shape index (κ2) is 9.01. The topological polar surface area (TPSA) is 86.1 Å². The van der Waals surface area contributed by atoms with E-state index in [9.17, 15) is 26.1 Å². The highest BCUT2D eigenvalue weighted by molar-refractivity contribution is 7.85. The monoisotopic (exact) mass is 490 g/mol. The van der Waals surface area contributed by atoms with Crippen molar-refractivity contribution in [1.29, 1.82) is 0 Å². The van der Waals surface area contributed by atoms with Crippen molar-refractivity contribution in [2.24, 2.45) is 0 Å². The largest absolute Gasteiger partial charge is 0.744 e. The van der Waals surface area contributed by atoms with E-state index in [1.54, 1.807) is 31.4 Å². The summed E-state index contributed by atoms with van der Waals surface area (Å²) < 4.78 is 84.0. The average molecular weight is 491 g/mol. The lowest BCUT2D eigenvalue weighted by Crippen LogP contribution is -2.37. The zero-order valence-electron chi connectivity index (χ0n) is 17.6. The van der Waals surface area contributed by atoms with E-state index in [1.165, 1.54) is 24.3 Å². The fourth-order valence-corrected chi connectivity index (χ4v) is 4.91. The Labute approximate surface area is 188 Å². The van der Waals surface area contributed by atoms with Crippen molar-refractivity contribution < 1.29 is 35.4 Å². The van der Waals surface area contributed by atoms with Crippen molar-refractivity contribution in [2.45, 2.75) is 50.9 Å². The highest BCUT2D eigenvalue weighted by atomic mass is 35.5. The molecule has 1 heterocycles. The molecule has 6 nitrogen and oxygen atoms in total. The molecule has 2 aromatic carbocycles. The van der Waals surface area contributed by atoms with E-state index in [4.69, 9.17) is 16.3 Å². The molecule has 0 saturated heterocycles. The summed E-state index contributed by atoms with van der Waals surface area (Å²) in [6.45, 7) is 5.19. The number of alkyl halides is 3.